The summed E-state index contributed by atoms with van der Waals surface area (Å²) in [5.41, 5.74) is 1.06. The average Bonchev–Trinajstić information content (AvgIpc) is 3.07. The Morgan fingerprint density at radius 1 is 1.50 bits per heavy atom. The predicted octanol–water partition coefficient (Wildman–Crippen LogP) is 0.214. The Balaban J connectivity index is 0.00000242. The van der Waals surface area contributed by atoms with Crippen molar-refractivity contribution in [3.05, 3.63) is 18.0 Å². The number of aryl methyl sites for hydroxylation is 1. The summed E-state index contributed by atoms with van der Waals surface area (Å²) in [4.78, 5) is 23.5. The molecule has 0 aromatic carbocycles. The van der Waals surface area contributed by atoms with E-state index in [9.17, 15) is 9.59 Å². The monoisotopic (exact) mass is 330 g/mol. The van der Waals surface area contributed by atoms with Crippen LogP contribution in [0.15, 0.2) is 12.4 Å². The second-order valence-electron chi connectivity index (χ2n) is 5.16. The molecule has 124 valence electrons. The maximum absolute atomic E-state index is 12.2. The van der Waals surface area contributed by atoms with E-state index in [4.69, 9.17) is 4.74 Å². The molecule has 2 atom stereocenters. The van der Waals surface area contributed by atoms with E-state index in [1.165, 1.54) is 0 Å². The van der Waals surface area contributed by atoms with Gasteiger partial charge in [-0.15, -0.1) is 12.4 Å². The highest BCUT2D eigenvalue weighted by atomic mass is 35.5. The first kappa shape index (κ1) is 18.4. The van der Waals surface area contributed by atoms with E-state index in [1.807, 2.05) is 13.2 Å². The molecule has 0 bridgehead atoms. The molecular weight excluding hydrogens is 308 g/mol. The van der Waals surface area contributed by atoms with E-state index < -0.39 is 0 Å². The van der Waals surface area contributed by atoms with Crippen LogP contribution in [0.25, 0.3) is 0 Å². The van der Waals surface area contributed by atoms with Crippen LogP contribution in [0.2, 0.25) is 0 Å². The standard InChI is InChI=1S/C14H22N4O3.ClH/c1-3-21-13(19)4-5-16-14(20)12-8-15-7-11(12)10-6-17-18(2)9-10;/h6,9,11-12,15H,3-5,7-8H2,1-2H3,(H,16,20);1H/t11-,12+;/m1./s1. The van der Waals surface area contributed by atoms with Crippen molar-refractivity contribution in [1.29, 1.82) is 0 Å². The summed E-state index contributed by atoms with van der Waals surface area (Å²) < 4.78 is 6.57. The number of rotatable bonds is 6. The van der Waals surface area contributed by atoms with Crippen LogP contribution in [-0.4, -0.2) is 47.9 Å². The number of carbonyl (C=O) groups excluding carboxylic acids is 2. The minimum absolute atomic E-state index is 0. The Labute approximate surface area is 136 Å². The summed E-state index contributed by atoms with van der Waals surface area (Å²) in [6, 6.07) is 0. The number of hydrogen-bond acceptors (Lipinski definition) is 5. The zero-order valence-electron chi connectivity index (χ0n) is 12.9. The molecule has 1 saturated heterocycles. The van der Waals surface area contributed by atoms with Crippen molar-refractivity contribution in [3.8, 4) is 0 Å². The van der Waals surface area contributed by atoms with Gasteiger partial charge in [-0.2, -0.15) is 5.10 Å². The normalized spacial score (nSPS) is 20.3. The van der Waals surface area contributed by atoms with Gasteiger partial charge in [0.05, 0.1) is 25.1 Å². The highest BCUT2D eigenvalue weighted by Gasteiger charge is 2.34. The van der Waals surface area contributed by atoms with Crippen LogP contribution >= 0.6 is 12.4 Å². The molecule has 1 aromatic rings. The lowest BCUT2D eigenvalue weighted by Crippen LogP contribution is -2.35. The van der Waals surface area contributed by atoms with Gasteiger partial charge in [0.25, 0.3) is 0 Å². The van der Waals surface area contributed by atoms with Gasteiger partial charge in [0.2, 0.25) is 5.91 Å². The van der Waals surface area contributed by atoms with Crippen LogP contribution in [0, 0.1) is 5.92 Å². The number of nitrogens with one attached hydrogen (secondary N) is 2. The van der Waals surface area contributed by atoms with Crippen LogP contribution in [-0.2, 0) is 21.4 Å². The average molecular weight is 331 g/mol. The maximum atomic E-state index is 12.2. The molecule has 22 heavy (non-hydrogen) atoms. The molecule has 2 N–H and O–H groups in total. The molecule has 0 spiro atoms. The second-order valence-corrected chi connectivity index (χ2v) is 5.16. The van der Waals surface area contributed by atoms with Crippen molar-refractivity contribution in [3.63, 3.8) is 0 Å². The van der Waals surface area contributed by atoms with E-state index in [-0.39, 0.29) is 42.5 Å². The molecule has 0 aliphatic carbocycles. The first-order chi connectivity index (χ1) is 10.1. The van der Waals surface area contributed by atoms with Gasteiger partial charge in [-0.3, -0.25) is 14.3 Å². The molecule has 0 unspecified atom stereocenters. The van der Waals surface area contributed by atoms with Gasteiger partial charge in [0.1, 0.15) is 0 Å². The number of halogens is 1. The number of hydrogen-bond donors (Lipinski definition) is 2. The highest BCUT2D eigenvalue weighted by Crippen LogP contribution is 2.27. The lowest BCUT2D eigenvalue weighted by atomic mass is 9.90. The van der Waals surface area contributed by atoms with Crippen molar-refractivity contribution in [2.45, 2.75) is 19.3 Å². The third-order valence-electron chi connectivity index (χ3n) is 3.64. The molecule has 2 rings (SSSR count). The molecule has 1 aliphatic rings. The minimum Gasteiger partial charge on any atom is -0.466 e. The van der Waals surface area contributed by atoms with Gasteiger partial charge < -0.3 is 15.4 Å². The zero-order chi connectivity index (χ0) is 15.2. The van der Waals surface area contributed by atoms with Crippen molar-refractivity contribution >= 4 is 24.3 Å². The van der Waals surface area contributed by atoms with Crippen molar-refractivity contribution in [1.82, 2.24) is 20.4 Å². The Morgan fingerprint density at radius 3 is 2.91 bits per heavy atom. The van der Waals surface area contributed by atoms with E-state index in [0.29, 0.717) is 19.7 Å². The van der Waals surface area contributed by atoms with Gasteiger partial charge in [-0.25, -0.2) is 0 Å². The van der Waals surface area contributed by atoms with Crippen LogP contribution in [0.3, 0.4) is 0 Å². The quantitative estimate of drug-likeness (QED) is 0.729. The lowest BCUT2D eigenvalue weighted by molar-refractivity contribution is -0.143. The second kappa shape index (κ2) is 8.75. The zero-order valence-corrected chi connectivity index (χ0v) is 13.7. The molecule has 0 saturated carbocycles. The van der Waals surface area contributed by atoms with Crippen LogP contribution in [0.5, 0.6) is 0 Å². The molecular formula is C14H23ClN4O3. The lowest BCUT2D eigenvalue weighted by Gasteiger charge is -2.16. The number of nitrogens with zero attached hydrogens (tertiary/aromatic N) is 2. The summed E-state index contributed by atoms with van der Waals surface area (Å²) in [5, 5.41) is 10.2. The topological polar surface area (TPSA) is 85.2 Å². The van der Waals surface area contributed by atoms with E-state index in [0.717, 1.165) is 12.1 Å². The largest absolute Gasteiger partial charge is 0.466 e. The maximum Gasteiger partial charge on any atom is 0.307 e. The van der Waals surface area contributed by atoms with Gasteiger partial charge in [-0.05, 0) is 12.5 Å². The third-order valence-corrected chi connectivity index (χ3v) is 3.64. The van der Waals surface area contributed by atoms with E-state index in [1.54, 1.807) is 17.8 Å². The number of esters is 1. The smallest absolute Gasteiger partial charge is 0.307 e. The van der Waals surface area contributed by atoms with E-state index in [2.05, 4.69) is 15.7 Å². The number of ether oxygens (including phenoxy) is 1. The SMILES string of the molecule is CCOC(=O)CCNC(=O)[C@H]1CNC[C@@H]1c1cnn(C)c1.Cl. The fraction of sp³-hybridized carbons (Fsp3) is 0.643. The highest BCUT2D eigenvalue weighted by molar-refractivity contribution is 5.85. The molecule has 1 fully saturated rings. The van der Waals surface area contributed by atoms with Gasteiger partial charge in [0.15, 0.2) is 0 Å². The van der Waals surface area contributed by atoms with Crippen LogP contribution in [0.1, 0.15) is 24.8 Å². The predicted molar refractivity (Wildman–Crippen MR) is 83.8 cm³/mol. The van der Waals surface area contributed by atoms with Crippen LogP contribution < -0.4 is 10.6 Å². The number of aromatic nitrogens is 2. The summed E-state index contributed by atoms with van der Waals surface area (Å²) in [6.07, 6.45) is 3.95. The van der Waals surface area contributed by atoms with Gasteiger partial charge in [-0.1, -0.05) is 0 Å². The Morgan fingerprint density at radius 2 is 2.27 bits per heavy atom. The fourth-order valence-corrected chi connectivity index (χ4v) is 2.59. The molecule has 1 aliphatic heterocycles. The molecule has 8 heteroatoms. The summed E-state index contributed by atoms with van der Waals surface area (Å²) in [7, 11) is 1.86. The Hall–Kier alpha value is -1.60. The fourth-order valence-electron chi connectivity index (χ4n) is 2.59. The number of amides is 1. The minimum atomic E-state index is -0.286. The number of carbonyl (C=O) groups is 2. The summed E-state index contributed by atoms with van der Waals surface area (Å²) in [5.74, 6) is -0.318. The molecule has 0 radical (unpaired) electrons. The summed E-state index contributed by atoms with van der Waals surface area (Å²) in [6.45, 7) is 3.85. The molecule has 1 amide bonds. The Bertz CT molecular complexity index is 506. The molecule has 7 nitrogen and oxygen atoms in total. The first-order valence-electron chi connectivity index (χ1n) is 7.24. The molecule has 2 heterocycles. The summed E-state index contributed by atoms with van der Waals surface area (Å²) >= 11 is 0. The van der Waals surface area contributed by atoms with Crippen molar-refractivity contribution in [2.24, 2.45) is 13.0 Å². The Kier molecular flexibility index (Phi) is 7.34. The van der Waals surface area contributed by atoms with Gasteiger partial charge >= 0.3 is 5.97 Å². The van der Waals surface area contributed by atoms with Crippen molar-refractivity contribution < 1.29 is 14.3 Å². The van der Waals surface area contributed by atoms with Crippen LogP contribution in [0.4, 0.5) is 0 Å². The van der Waals surface area contributed by atoms with Crippen molar-refractivity contribution in [2.75, 3.05) is 26.2 Å². The third kappa shape index (κ3) is 4.71. The first-order valence-corrected chi connectivity index (χ1v) is 7.24. The molecule has 1 aromatic heterocycles. The van der Waals surface area contributed by atoms with E-state index >= 15 is 0 Å². The van der Waals surface area contributed by atoms with Gasteiger partial charge in [0, 0.05) is 38.8 Å².